The topological polar surface area (TPSA) is 72.9 Å². The number of hydrogen-bond donors (Lipinski definition) is 0. The van der Waals surface area contributed by atoms with Crippen LogP contribution in [0.1, 0.15) is 49.5 Å². The largest absolute Gasteiger partial charge is 0.484 e. The van der Waals surface area contributed by atoms with E-state index in [0.717, 1.165) is 0 Å². The van der Waals surface area contributed by atoms with E-state index in [1.807, 2.05) is 32.9 Å². The van der Waals surface area contributed by atoms with Crippen LogP contribution in [0.3, 0.4) is 0 Å². The first kappa shape index (κ1) is 19.1. The summed E-state index contributed by atoms with van der Waals surface area (Å²) >= 11 is 1.40. The zero-order valence-electron chi connectivity index (χ0n) is 16.2. The van der Waals surface area contributed by atoms with Crippen LogP contribution in [0.15, 0.2) is 29.2 Å². The number of carbonyl (C=O) groups is 3. The van der Waals surface area contributed by atoms with Gasteiger partial charge < -0.3 is 14.4 Å². The molecule has 1 aliphatic carbocycles. The molecule has 1 aromatic carbocycles. The normalized spacial score (nSPS) is 21.2. The van der Waals surface area contributed by atoms with Crippen molar-refractivity contribution in [1.82, 2.24) is 4.90 Å². The molecule has 7 heteroatoms. The van der Waals surface area contributed by atoms with Crippen LogP contribution in [0.5, 0.6) is 0 Å². The first-order valence-corrected chi connectivity index (χ1v) is 10.4. The lowest BCUT2D eigenvalue weighted by molar-refractivity contribution is -0.111. The van der Waals surface area contributed by atoms with Crippen LogP contribution in [0.4, 0.5) is 4.79 Å². The first-order chi connectivity index (χ1) is 13.2. The van der Waals surface area contributed by atoms with Crippen molar-refractivity contribution in [2.24, 2.45) is 0 Å². The number of fused-ring (bicyclic) bond motifs is 2. The first-order valence-electron chi connectivity index (χ1n) is 9.42. The second kappa shape index (κ2) is 6.65. The van der Waals surface area contributed by atoms with E-state index in [1.54, 1.807) is 17.0 Å². The molecular weight excluding hydrogens is 378 g/mol. The minimum absolute atomic E-state index is 0.311. The summed E-state index contributed by atoms with van der Waals surface area (Å²) in [5.74, 6) is 0.151. The van der Waals surface area contributed by atoms with E-state index in [1.165, 1.54) is 11.8 Å². The number of benzene rings is 1. The Kier molecular flexibility index (Phi) is 4.53. The van der Waals surface area contributed by atoms with E-state index < -0.39 is 22.8 Å². The Balaban J connectivity index is 1.53. The maximum absolute atomic E-state index is 12.5. The number of thioether (sulfide) groups is 1. The lowest BCUT2D eigenvalue weighted by Gasteiger charge is -2.45. The van der Waals surface area contributed by atoms with Gasteiger partial charge >= 0.3 is 6.09 Å². The number of allylic oxidation sites excluding steroid dienone is 1. The third-order valence-corrected chi connectivity index (χ3v) is 6.49. The minimum atomic E-state index is -0.526. The smallest absolute Gasteiger partial charge is 0.410 e. The Bertz CT molecular complexity index is 890. The van der Waals surface area contributed by atoms with Crippen LogP contribution in [0.25, 0.3) is 5.76 Å². The Morgan fingerprint density at radius 1 is 1.11 bits per heavy atom. The molecule has 1 amide bonds. The van der Waals surface area contributed by atoms with Gasteiger partial charge in [0.25, 0.3) is 0 Å². The molecule has 0 saturated carbocycles. The molecule has 148 valence electrons. The summed E-state index contributed by atoms with van der Waals surface area (Å²) in [4.78, 5) is 39.3. The number of rotatable bonds is 0. The fourth-order valence-electron chi connectivity index (χ4n) is 3.68. The average molecular weight is 401 g/mol. The SMILES string of the molecule is CC(C)(C)OC(=O)N1CCC2(CC1)CSC1=C(O2)c2ccccc2C(=O)C1=O. The Hall–Kier alpha value is -2.28. The van der Waals surface area contributed by atoms with Crippen LogP contribution in [0.2, 0.25) is 0 Å². The number of piperidine rings is 1. The van der Waals surface area contributed by atoms with Gasteiger partial charge in [-0.05, 0) is 20.8 Å². The number of ketones is 2. The fourth-order valence-corrected chi connectivity index (χ4v) is 4.94. The van der Waals surface area contributed by atoms with Crippen LogP contribution in [0, 0.1) is 0 Å². The zero-order valence-corrected chi connectivity index (χ0v) is 17.1. The summed E-state index contributed by atoms with van der Waals surface area (Å²) in [5, 5.41) is 0. The molecule has 0 bridgehead atoms. The molecule has 2 heterocycles. The Labute approximate surface area is 168 Å². The van der Waals surface area contributed by atoms with Crippen molar-refractivity contribution in [3.63, 3.8) is 0 Å². The molecule has 2 aliphatic heterocycles. The molecule has 28 heavy (non-hydrogen) atoms. The van der Waals surface area contributed by atoms with Gasteiger partial charge in [0.15, 0.2) is 0 Å². The second-order valence-corrected chi connectivity index (χ2v) is 9.39. The number of hydrogen-bond acceptors (Lipinski definition) is 6. The van der Waals surface area contributed by atoms with E-state index in [-0.39, 0.29) is 6.09 Å². The molecule has 0 radical (unpaired) electrons. The standard InChI is InChI=1S/C21H23NO5S/c1-20(2,3)27-19(25)22-10-8-21(9-11-22)12-28-18-16(24)15(23)13-6-4-5-7-14(13)17(18)26-21/h4-7H,8-12H2,1-3H3. The number of Topliss-reactive ketones (excluding diaryl/α,β-unsaturated/α-hetero) is 2. The second-order valence-electron chi connectivity index (χ2n) is 8.40. The van der Waals surface area contributed by atoms with Gasteiger partial charge in [-0.3, -0.25) is 9.59 Å². The number of carbonyl (C=O) groups excluding carboxylic acids is 3. The fraction of sp³-hybridized carbons (Fsp3) is 0.476. The predicted molar refractivity (Wildman–Crippen MR) is 106 cm³/mol. The van der Waals surface area contributed by atoms with Gasteiger partial charge in [-0.1, -0.05) is 24.3 Å². The van der Waals surface area contributed by atoms with Gasteiger partial charge in [0.05, 0.1) is 0 Å². The molecule has 6 nitrogen and oxygen atoms in total. The lowest BCUT2D eigenvalue weighted by atomic mass is 9.90. The Morgan fingerprint density at radius 3 is 2.39 bits per heavy atom. The van der Waals surface area contributed by atoms with Crippen molar-refractivity contribution in [2.45, 2.75) is 44.8 Å². The van der Waals surface area contributed by atoms with Gasteiger partial charge in [0.2, 0.25) is 11.6 Å². The highest BCUT2D eigenvalue weighted by Crippen LogP contribution is 2.47. The number of likely N-dealkylation sites (tertiary alicyclic amines) is 1. The Morgan fingerprint density at radius 2 is 1.75 bits per heavy atom. The highest BCUT2D eigenvalue weighted by atomic mass is 32.2. The van der Waals surface area contributed by atoms with E-state index in [0.29, 0.717) is 53.5 Å². The molecule has 0 atom stereocenters. The molecule has 4 rings (SSSR count). The van der Waals surface area contributed by atoms with E-state index >= 15 is 0 Å². The van der Waals surface area contributed by atoms with E-state index in [9.17, 15) is 14.4 Å². The van der Waals surface area contributed by atoms with Gasteiger partial charge in [-0.15, -0.1) is 11.8 Å². The minimum Gasteiger partial charge on any atom is -0.484 e. The van der Waals surface area contributed by atoms with Crippen molar-refractivity contribution in [2.75, 3.05) is 18.8 Å². The maximum atomic E-state index is 12.5. The number of amides is 1. The lowest BCUT2D eigenvalue weighted by Crippen LogP contribution is -2.51. The summed E-state index contributed by atoms with van der Waals surface area (Å²) in [7, 11) is 0. The molecule has 0 N–H and O–H groups in total. The quantitative estimate of drug-likeness (QED) is 0.618. The number of nitrogens with zero attached hydrogens (tertiary/aromatic N) is 1. The molecule has 1 fully saturated rings. The van der Waals surface area contributed by atoms with E-state index in [2.05, 4.69) is 0 Å². The number of ether oxygens (including phenoxy) is 2. The third-order valence-electron chi connectivity index (χ3n) is 5.16. The summed E-state index contributed by atoms with van der Waals surface area (Å²) in [6.07, 6.45) is 0.996. The van der Waals surface area contributed by atoms with Crippen molar-refractivity contribution in [3.05, 3.63) is 40.3 Å². The van der Waals surface area contributed by atoms with E-state index in [4.69, 9.17) is 9.47 Å². The summed E-state index contributed by atoms with van der Waals surface area (Å²) in [6, 6.07) is 7.08. The molecule has 1 spiro atoms. The van der Waals surface area contributed by atoms with Crippen molar-refractivity contribution in [3.8, 4) is 0 Å². The summed E-state index contributed by atoms with van der Waals surface area (Å²) in [5.41, 5.74) is 0.107. The third kappa shape index (κ3) is 3.32. The van der Waals surface area contributed by atoms with Gasteiger partial charge in [0, 0.05) is 42.8 Å². The molecule has 0 aromatic heterocycles. The van der Waals surface area contributed by atoms with Crippen LogP contribution >= 0.6 is 11.8 Å². The van der Waals surface area contributed by atoms with Crippen LogP contribution in [-0.4, -0.2) is 52.6 Å². The van der Waals surface area contributed by atoms with Crippen molar-refractivity contribution in [1.29, 1.82) is 0 Å². The maximum Gasteiger partial charge on any atom is 0.410 e. The van der Waals surface area contributed by atoms with Crippen LogP contribution in [-0.2, 0) is 14.3 Å². The highest BCUT2D eigenvalue weighted by Gasteiger charge is 2.46. The summed E-state index contributed by atoms with van der Waals surface area (Å²) < 4.78 is 11.9. The molecule has 1 saturated heterocycles. The van der Waals surface area contributed by atoms with Gasteiger partial charge in [0.1, 0.15) is 21.9 Å². The zero-order chi connectivity index (χ0) is 20.1. The van der Waals surface area contributed by atoms with Crippen molar-refractivity contribution < 1.29 is 23.9 Å². The molecule has 1 aromatic rings. The van der Waals surface area contributed by atoms with Crippen molar-refractivity contribution >= 4 is 35.2 Å². The average Bonchev–Trinajstić information content (AvgIpc) is 2.65. The van der Waals surface area contributed by atoms with Crippen LogP contribution < -0.4 is 0 Å². The molecule has 3 aliphatic rings. The summed E-state index contributed by atoms with van der Waals surface area (Å²) in [6.45, 7) is 6.62. The predicted octanol–water partition coefficient (Wildman–Crippen LogP) is 3.65. The van der Waals surface area contributed by atoms with Gasteiger partial charge in [-0.25, -0.2) is 4.79 Å². The molecular formula is C21H23NO5S. The molecule has 0 unspecified atom stereocenters. The monoisotopic (exact) mass is 401 g/mol. The van der Waals surface area contributed by atoms with Gasteiger partial charge in [-0.2, -0.15) is 0 Å². The highest BCUT2D eigenvalue weighted by molar-refractivity contribution is 8.04.